The molecule has 0 radical (unpaired) electrons. The summed E-state index contributed by atoms with van der Waals surface area (Å²) >= 11 is 6.03. The lowest BCUT2D eigenvalue weighted by Gasteiger charge is -2.20. The van der Waals surface area contributed by atoms with Crippen LogP contribution < -0.4 is 21.3 Å². The van der Waals surface area contributed by atoms with Gasteiger partial charge in [-0.25, -0.2) is 0 Å². The average molecular weight is 770 g/mol. The van der Waals surface area contributed by atoms with E-state index in [0.29, 0.717) is 66.6 Å². The summed E-state index contributed by atoms with van der Waals surface area (Å²) in [4.78, 5) is 31.6. The molecule has 10 nitrogen and oxygen atoms in total. The first-order chi connectivity index (χ1) is 27.2. The maximum absolute atomic E-state index is 13.9. The van der Waals surface area contributed by atoms with Crippen LogP contribution in [0.15, 0.2) is 109 Å². The predicted molar refractivity (Wildman–Crippen MR) is 221 cm³/mol. The number of nitrogens with one attached hydrogen (secondary N) is 3. The summed E-state index contributed by atoms with van der Waals surface area (Å²) in [6.45, 7) is 10.5. The lowest BCUT2D eigenvalue weighted by atomic mass is 9.89. The first-order valence-electron chi connectivity index (χ1n) is 19.0. The molecule has 0 unspecified atom stereocenters. The molecule has 0 spiro atoms. The highest BCUT2D eigenvalue weighted by molar-refractivity contribution is 6.29. The Morgan fingerprint density at radius 1 is 0.786 bits per heavy atom. The van der Waals surface area contributed by atoms with E-state index in [-0.39, 0.29) is 23.5 Å². The fraction of sp³-hybridized carbons (Fsp3) is 0.244. The largest absolute Gasteiger partial charge is 0.456 e. The third kappa shape index (κ3) is 8.11. The summed E-state index contributed by atoms with van der Waals surface area (Å²) in [7, 11) is 0. The number of hydrogen-bond donors (Lipinski definition) is 3. The van der Waals surface area contributed by atoms with Crippen molar-refractivity contribution in [2.45, 2.75) is 47.0 Å². The summed E-state index contributed by atoms with van der Waals surface area (Å²) in [6, 6.07) is 28.9. The number of furan rings is 1. The van der Waals surface area contributed by atoms with E-state index in [0.717, 1.165) is 61.9 Å². The van der Waals surface area contributed by atoms with E-state index in [1.54, 1.807) is 12.1 Å². The Balaban J connectivity index is 1.04. The second-order valence-electron chi connectivity index (χ2n) is 13.6. The maximum Gasteiger partial charge on any atom is 0.251 e. The molecule has 1 aliphatic carbocycles. The van der Waals surface area contributed by atoms with Crippen LogP contribution in [0.2, 0.25) is 5.22 Å². The summed E-state index contributed by atoms with van der Waals surface area (Å²) in [5.41, 5.74) is 9.09. The van der Waals surface area contributed by atoms with E-state index in [9.17, 15) is 9.59 Å². The van der Waals surface area contributed by atoms with Crippen LogP contribution in [-0.4, -0.2) is 43.2 Å². The molecule has 3 heterocycles. The molecule has 2 aliphatic rings. The zero-order valence-corrected chi connectivity index (χ0v) is 32.7. The molecule has 0 bridgehead atoms. The molecule has 286 valence electrons. The van der Waals surface area contributed by atoms with Gasteiger partial charge in [-0.05, 0) is 105 Å². The van der Waals surface area contributed by atoms with Gasteiger partial charge < -0.3 is 29.3 Å². The topological polar surface area (TPSA) is 135 Å². The highest BCUT2D eigenvalue weighted by atomic mass is 35.5. The number of aryl methyl sites for hydroxylation is 2. The predicted octanol–water partition coefficient (Wildman–Crippen LogP) is 9.61. The van der Waals surface area contributed by atoms with Crippen LogP contribution >= 0.6 is 11.6 Å². The number of benzene rings is 4. The van der Waals surface area contributed by atoms with Crippen molar-refractivity contribution in [3.8, 4) is 45.0 Å². The third-order valence-electron chi connectivity index (χ3n) is 9.68. The smallest absolute Gasteiger partial charge is 0.251 e. The molecule has 1 aliphatic heterocycles. The molecular formula is C45H44ClN5O5. The molecule has 0 fully saturated rings. The van der Waals surface area contributed by atoms with Gasteiger partial charge >= 0.3 is 0 Å². The Morgan fingerprint density at radius 2 is 1.55 bits per heavy atom. The van der Waals surface area contributed by atoms with Gasteiger partial charge in [-0.2, -0.15) is 0 Å². The van der Waals surface area contributed by atoms with Gasteiger partial charge in [0.05, 0.1) is 17.3 Å². The maximum atomic E-state index is 13.9. The molecule has 0 saturated carbocycles. The quantitative estimate of drug-likeness (QED) is 0.0741. The van der Waals surface area contributed by atoms with E-state index in [2.05, 4.69) is 52.1 Å². The van der Waals surface area contributed by atoms with E-state index in [4.69, 9.17) is 25.0 Å². The van der Waals surface area contributed by atoms with Gasteiger partial charge in [-0.1, -0.05) is 53.7 Å². The van der Waals surface area contributed by atoms with Crippen molar-refractivity contribution >= 4 is 40.1 Å². The van der Waals surface area contributed by atoms with Crippen LogP contribution in [0.1, 0.15) is 53.9 Å². The zero-order valence-electron chi connectivity index (χ0n) is 31.9. The van der Waals surface area contributed by atoms with Crippen molar-refractivity contribution < 1.29 is 22.9 Å². The molecule has 0 atom stereocenters. The van der Waals surface area contributed by atoms with Crippen molar-refractivity contribution in [2.75, 3.05) is 31.5 Å². The minimum Gasteiger partial charge on any atom is -0.456 e. The van der Waals surface area contributed by atoms with Crippen LogP contribution in [0.4, 0.5) is 5.69 Å². The zero-order chi connectivity index (χ0) is 39.2. The molecule has 0 saturated heterocycles. The highest BCUT2D eigenvalue weighted by Crippen LogP contribution is 2.43. The molecule has 3 aromatic carbocycles. The Hall–Kier alpha value is -6.13. The second-order valence-corrected chi connectivity index (χ2v) is 14.0. The monoisotopic (exact) mass is 769 g/mol. The number of nitrogens with zero attached hydrogens (tertiary/aromatic N) is 2. The van der Waals surface area contributed by atoms with Gasteiger partial charge in [-0.15, -0.1) is 0 Å². The lowest BCUT2D eigenvalue weighted by Crippen LogP contribution is -2.28. The van der Waals surface area contributed by atoms with Crippen LogP contribution in [0.3, 0.4) is 0 Å². The van der Waals surface area contributed by atoms with E-state index >= 15 is 0 Å². The minimum absolute atomic E-state index is 0.000515. The Kier molecular flexibility index (Phi) is 11.7. The van der Waals surface area contributed by atoms with Gasteiger partial charge in [0.2, 0.25) is 5.91 Å². The third-order valence-corrected chi connectivity index (χ3v) is 9.89. The molecule has 11 heteroatoms. The van der Waals surface area contributed by atoms with E-state index < -0.39 is 0 Å². The number of carbonyl (C=O) groups is 2. The number of rotatable bonds is 14. The fourth-order valence-electron chi connectivity index (χ4n) is 7.04. The number of unbranched alkanes of at least 4 members (excludes halogenated alkanes) is 1. The fourth-order valence-corrected chi connectivity index (χ4v) is 7.19. The first kappa shape index (κ1) is 38.2. The summed E-state index contributed by atoms with van der Waals surface area (Å²) in [5, 5.41) is 15.8. The molecular weight excluding hydrogens is 726 g/mol. The Morgan fingerprint density at radius 3 is 2.30 bits per heavy atom. The number of carbonyl (C=O) groups excluding carboxylic acids is 2. The van der Waals surface area contributed by atoms with Gasteiger partial charge in [-0.3, -0.25) is 14.6 Å². The second kappa shape index (κ2) is 17.1. The van der Waals surface area contributed by atoms with Crippen molar-refractivity contribution in [3.05, 3.63) is 124 Å². The SMILES string of the molecule is CCN=c1cc2oc3cc(NCC)c(C)cc3c(-c3ccccc3C(=O)NCCCCNC(=O)Cc3onc(-c4ccc(Cl)o4)c3-c3ccccc3)c-2cc1C. The van der Waals surface area contributed by atoms with E-state index in [1.165, 1.54) is 0 Å². The summed E-state index contributed by atoms with van der Waals surface area (Å²) < 4.78 is 17.8. The summed E-state index contributed by atoms with van der Waals surface area (Å²) in [5.74, 6) is 1.21. The number of hydrogen-bond acceptors (Lipinski definition) is 8. The number of anilines is 1. The Labute approximate surface area is 330 Å². The van der Waals surface area contributed by atoms with Crippen LogP contribution in [0.5, 0.6) is 0 Å². The average Bonchev–Trinajstić information content (AvgIpc) is 3.82. The number of fused-ring (bicyclic) bond motifs is 2. The number of amides is 2. The van der Waals surface area contributed by atoms with Crippen molar-refractivity contribution in [3.63, 3.8) is 0 Å². The summed E-state index contributed by atoms with van der Waals surface area (Å²) in [6.07, 6.45) is 1.33. The first-order valence-corrected chi connectivity index (χ1v) is 19.3. The van der Waals surface area contributed by atoms with Gasteiger partial charge in [0.15, 0.2) is 22.4 Å². The molecule has 7 rings (SSSR count). The number of aromatic nitrogens is 1. The lowest BCUT2D eigenvalue weighted by molar-refractivity contribution is -0.120. The van der Waals surface area contributed by atoms with Crippen molar-refractivity contribution in [1.82, 2.24) is 15.8 Å². The molecule has 2 aromatic heterocycles. The standard InChI is InChI=1S/C45H44ClN5O5/c1-5-47-34-24-37-32(22-27(34)3)43(33-23-28(4)35(48-6-2)25-38(33)54-37)30-16-10-11-17-31(30)45(53)50-21-13-12-20-49-41(52)26-39-42(29-14-8-7-9-15-29)44(51-56-39)36-18-19-40(46)55-36/h7-11,14-19,22-25,47H,5-6,12-13,20-21,26H2,1-4H3,(H,49,52)(H,50,53). The van der Waals surface area contributed by atoms with Crippen molar-refractivity contribution in [2.24, 2.45) is 4.99 Å². The molecule has 3 N–H and O–H groups in total. The molecule has 2 amide bonds. The van der Waals surface area contributed by atoms with E-state index in [1.807, 2.05) is 80.6 Å². The van der Waals surface area contributed by atoms with Crippen LogP contribution in [0, 0.1) is 13.8 Å². The normalized spacial score (nSPS) is 11.7. The minimum atomic E-state index is -0.201. The highest BCUT2D eigenvalue weighted by Gasteiger charge is 2.25. The van der Waals surface area contributed by atoms with Crippen molar-refractivity contribution in [1.29, 1.82) is 0 Å². The number of halogens is 1. The Bertz CT molecular complexity index is 2550. The van der Waals surface area contributed by atoms with Gasteiger partial charge in [0.1, 0.15) is 11.3 Å². The molecule has 5 aromatic rings. The van der Waals surface area contributed by atoms with Gasteiger partial charge in [0.25, 0.3) is 5.91 Å². The molecule has 56 heavy (non-hydrogen) atoms. The van der Waals surface area contributed by atoms with Gasteiger partial charge in [0, 0.05) is 66.1 Å². The van der Waals surface area contributed by atoms with Crippen LogP contribution in [0.25, 0.3) is 56.0 Å². The van der Waals surface area contributed by atoms with Crippen LogP contribution in [-0.2, 0) is 11.2 Å².